The molecule has 0 bridgehead atoms. The van der Waals surface area contributed by atoms with E-state index in [2.05, 4.69) is 20.2 Å². The van der Waals surface area contributed by atoms with E-state index in [9.17, 15) is 22.4 Å². The highest BCUT2D eigenvalue weighted by Gasteiger charge is 2.43. The molecule has 1 atom stereocenters. The third-order valence-electron chi connectivity index (χ3n) is 4.04. The molecule has 2 aliphatic heterocycles. The number of alkyl halides is 3. The van der Waals surface area contributed by atoms with Gasteiger partial charge in [0.1, 0.15) is 12.6 Å². The number of amides is 1. The number of aromatic nitrogens is 2. The molecule has 0 aromatic carbocycles. The Labute approximate surface area is 143 Å². The van der Waals surface area contributed by atoms with E-state index in [-0.39, 0.29) is 22.5 Å². The van der Waals surface area contributed by atoms with Crippen LogP contribution in [0.1, 0.15) is 11.6 Å². The number of pyridine rings is 2. The number of halogens is 4. The van der Waals surface area contributed by atoms with Crippen molar-refractivity contribution in [1.29, 1.82) is 0 Å². The predicted octanol–water partition coefficient (Wildman–Crippen LogP) is 3.58. The number of azo groups is 1. The van der Waals surface area contributed by atoms with Crippen LogP contribution in [0, 0.1) is 5.95 Å². The SMILES string of the molecule is O=C1C2=CN=NC2c2cnc(-c3cccnc3F)cc2N1CC(F)(F)F. The van der Waals surface area contributed by atoms with E-state index in [1.807, 2.05) is 0 Å². The predicted molar refractivity (Wildman–Crippen MR) is 81.5 cm³/mol. The monoisotopic (exact) mass is 363 g/mol. The Morgan fingerprint density at radius 3 is 2.77 bits per heavy atom. The molecule has 2 aliphatic rings. The Hall–Kier alpha value is -3.17. The van der Waals surface area contributed by atoms with Crippen LogP contribution in [-0.2, 0) is 4.79 Å². The number of hydrogen-bond acceptors (Lipinski definition) is 5. The fourth-order valence-electron chi connectivity index (χ4n) is 2.92. The van der Waals surface area contributed by atoms with Crippen molar-refractivity contribution in [1.82, 2.24) is 9.97 Å². The van der Waals surface area contributed by atoms with Crippen LogP contribution in [0.3, 0.4) is 0 Å². The van der Waals surface area contributed by atoms with Gasteiger partial charge in [0.05, 0.1) is 28.7 Å². The summed E-state index contributed by atoms with van der Waals surface area (Å²) in [7, 11) is 0. The van der Waals surface area contributed by atoms with Gasteiger partial charge in [0.25, 0.3) is 5.91 Å². The molecule has 0 saturated heterocycles. The lowest BCUT2D eigenvalue weighted by atomic mass is 9.93. The molecule has 0 fully saturated rings. The smallest absolute Gasteiger partial charge is 0.299 e. The van der Waals surface area contributed by atoms with Crippen LogP contribution in [0.2, 0.25) is 0 Å². The van der Waals surface area contributed by atoms with E-state index >= 15 is 0 Å². The van der Waals surface area contributed by atoms with Gasteiger partial charge in [-0.3, -0.25) is 14.7 Å². The van der Waals surface area contributed by atoms with Crippen molar-refractivity contribution in [3.8, 4) is 11.3 Å². The first-order valence-corrected chi connectivity index (χ1v) is 7.44. The van der Waals surface area contributed by atoms with Crippen molar-refractivity contribution < 1.29 is 22.4 Å². The van der Waals surface area contributed by atoms with Crippen LogP contribution in [-0.4, -0.2) is 28.6 Å². The zero-order valence-corrected chi connectivity index (χ0v) is 12.9. The van der Waals surface area contributed by atoms with Crippen LogP contribution in [0.5, 0.6) is 0 Å². The van der Waals surface area contributed by atoms with Gasteiger partial charge >= 0.3 is 6.18 Å². The van der Waals surface area contributed by atoms with E-state index in [0.29, 0.717) is 10.5 Å². The molecule has 0 radical (unpaired) electrons. The van der Waals surface area contributed by atoms with Gasteiger partial charge in [-0.2, -0.15) is 27.8 Å². The van der Waals surface area contributed by atoms with Gasteiger partial charge in [-0.05, 0) is 18.2 Å². The lowest BCUT2D eigenvalue weighted by Crippen LogP contribution is -2.43. The Bertz CT molecular complexity index is 969. The van der Waals surface area contributed by atoms with Gasteiger partial charge in [-0.25, -0.2) is 4.98 Å². The molecule has 1 amide bonds. The van der Waals surface area contributed by atoms with Gasteiger partial charge in [0, 0.05) is 18.0 Å². The maximum atomic E-state index is 13.9. The topological polar surface area (TPSA) is 70.8 Å². The molecular formula is C16H9F4N5O. The van der Waals surface area contributed by atoms with Crippen molar-refractivity contribution in [2.24, 2.45) is 10.2 Å². The summed E-state index contributed by atoms with van der Waals surface area (Å²) in [5.41, 5.74) is 0.405. The number of anilines is 1. The van der Waals surface area contributed by atoms with Crippen LogP contribution >= 0.6 is 0 Å². The molecule has 132 valence electrons. The first-order valence-electron chi connectivity index (χ1n) is 7.44. The molecule has 0 aliphatic carbocycles. The molecule has 2 aromatic rings. The second-order valence-electron chi connectivity index (χ2n) is 5.69. The number of nitrogens with zero attached hydrogens (tertiary/aromatic N) is 5. The maximum absolute atomic E-state index is 13.9. The number of rotatable bonds is 2. The summed E-state index contributed by atoms with van der Waals surface area (Å²) < 4.78 is 52.9. The van der Waals surface area contributed by atoms with Gasteiger partial charge < -0.3 is 0 Å². The van der Waals surface area contributed by atoms with Crippen LogP contribution in [0.4, 0.5) is 23.2 Å². The molecule has 26 heavy (non-hydrogen) atoms. The van der Waals surface area contributed by atoms with Gasteiger partial charge in [-0.15, -0.1) is 0 Å². The average molecular weight is 363 g/mol. The minimum absolute atomic E-state index is 0.0177. The normalized spacial score (nSPS) is 18.6. The van der Waals surface area contributed by atoms with Crippen LogP contribution in [0.15, 0.2) is 52.6 Å². The minimum atomic E-state index is -4.61. The average Bonchev–Trinajstić information content (AvgIpc) is 3.08. The fourth-order valence-corrected chi connectivity index (χ4v) is 2.92. The summed E-state index contributed by atoms with van der Waals surface area (Å²) >= 11 is 0. The van der Waals surface area contributed by atoms with Crippen molar-refractivity contribution in [3.63, 3.8) is 0 Å². The van der Waals surface area contributed by atoms with Crippen LogP contribution < -0.4 is 4.90 Å². The quantitative estimate of drug-likeness (QED) is 0.605. The highest BCUT2D eigenvalue weighted by molar-refractivity contribution is 6.10. The summed E-state index contributed by atoms with van der Waals surface area (Å²) in [5.74, 6) is -1.65. The molecule has 2 aromatic heterocycles. The standard InChI is InChI=1S/C16H9F4N5O/c17-14-8(2-1-3-21-14)11-4-12-9(5-22-11)13-10(6-23-24-13)15(26)25(12)7-16(18,19)20/h1-6,13H,7H2. The Balaban J connectivity index is 1.88. The second kappa shape index (κ2) is 5.68. The second-order valence-corrected chi connectivity index (χ2v) is 5.69. The zero-order valence-electron chi connectivity index (χ0n) is 12.9. The van der Waals surface area contributed by atoms with Gasteiger partial charge in [0.15, 0.2) is 0 Å². The molecule has 0 spiro atoms. The molecular weight excluding hydrogens is 354 g/mol. The minimum Gasteiger partial charge on any atom is -0.299 e. The first-order chi connectivity index (χ1) is 12.3. The largest absolute Gasteiger partial charge is 0.406 e. The first kappa shape index (κ1) is 16.3. The highest BCUT2D eigenvalue weighted by Crippen LogP contribution is 2.44. The van der Waals surface area contributed by atoms with E-state index < -0.39 is 30.6 Å². The number of fused-ring (bicyclic) bond motifs is 3. The van der Waals surface area contributed by atoms with Gasteiger partial charge in [0.2, 0.25) is 5.95 Å². The van der Waals surface area contributed by atoms with E-state index in [1.54, 1.807) is 0 Å². The highest BCUT2D eigenvalue weighted by atomic mass is 19.4. The van der Waals surface area contributed by atoms with Crippen molar-refractivity contribution in [3.05, 3.63) is 53.9 Å². The molecule has 4 rings (SSSR count). The Kier molecular flexibility index (Phi) is 3.56. The lowest BCUT2D eigenvalue weighted by Gasteiger charge is -2.32. The summed E-state index contributed by atoms with van der Waals surface area (Å²) in [5, 5.41) is 7.52. The molecule has 10 heteroatoms. The van der Waals surface area contributed by atoms with Crippen molar-refractivity contribution in [2.75, 3.05) is 11.4 Å². The molecule has 6 nitrogen and oxygen atoms in total. The Morgan fingerprint density at radius 1 is 1.23 bits per heavy atom. The molecule has 0 saturated carbocycles. The molecule has 0 N–H and O–H groups in total. The third-order valence-corrected chi connectivity index (χ3v) is 4.04. The fraction of sp³-hybridized carbons (Fsp3) is 0.188. The van der Waals surface area contributed by atoms with Gasteiger partial charge in [-0.1, -0.05) is 0 Å². The molecule has 4 heterocycles. The summed E-state index contributed by atoms with van der Waals surface area (Å²) in [6.45, 7) is -1.48. The molecule has 1 unspecified atom stereocenters. The number of carbonyl (C=O) groups excluding carboxylic acids is 1. The van der Waals surface area contributed by atoms with E-state index in [1.165, 1.54) is 30.6 Å². The Morgan fingerprint density at radius 2 is 2.04 bits per heavy atom. The van der Waals surface area contributed by atoms with E-state index in [0.717, 1.165) is 6.20 Å². The third kappa shape index (κ3) is 2.63. The van der Waals surface area contributed by atoms with Crippen LogP contribution in [0.25, 0.3) is 11.3 Å². The summed E-state index contributed by atoms with van der Waals surface area (Å²) in [6, 6.07) is 3.31. The van der Waals surface area contributed by atoms with E-state index in [4.69, 9.17) is 0 Å². The lowest BCUT2D eigenvalue weighted by molar-refractivity contribution is -0.130. The number of carbonyl (C=O) groups is 1. The summed E-state index contributed by atoms with van der Waals surface area (Å²) in [4.78, 5) is 20.7. The maximum Gasteiger partial charge on any atom is 0.406 e. The number of hydrogen-bond donors (Lipinski definition) is 0. The van der Waals surface area contributed by atoms with Crippen molar-refractivity contribution >= 4 is 11.6 Å². The zero-order chi connectivity index (χ0) is 18.5. The summed E-state index contributed by atoms with van der Waals surface area (Å²) in [6.07, 6.45) is -0.938. The van der Waals surface area contributed by atoms with Crippen molar-refractivity contribution in [2.45, 2.75) is 12.2 Å².